The fourth-order valence-corrected chi connectivity index (χ4v) is 7.52. The summed E-state index contributed by atoms with van der Waals surface area (Å²) >= 11 is 0. The highest BCUT2D eigenvalue weighted by Crippen LogP contribution is 2.65. The lowest BCUT2D eigenvalue weighted by atomic mass is 9.50. The molecule has 1 N–H and O–H groups in total. The standard InChI is InChI=1S/C27H42O/c1-6-18(2)7-8-19(3)23-11-12-24-22-10-9-20-17-21(28)13-15-26(20,4)25(22)14-16-27(23,24)5/h7-10,18-19,21,23-25,28H,6,11-17H2,1-5H3/b8-7+/t18-,19-,21+,23?,24?,25?,26?,27?/m1/s1. The number of aliphatic hydroxyl groups excluding tert-OH is 1. The van der Waals surface area contributed by atoms with Gasteiger partial charge in [-0.15, -0.1) is 0 Å². The van der Waals surface area contributed by atoms with Crippen LogP contribution >= 0.6 is 0 Å². The molecule has 0 aromatic rings. The quantitative estimate of drug-likeness (QED) is 0.515. The van der Waals surface area contributed by atoms with Gasteiger partial charge in [0.1, 0.15) is 0 Å². The zero-order valence-electron chi connectivity index (χ0n) is 18.9. The van der Waals surface area contributed by atoms with Crippen LogP contribution in [0.15, 0.2) is 35.5 Å². The van der Waals surface area contributed by atoms with E-state index in [1.165, 1.54) is 44.1 Å². The summed E-state index contributed by atoms with van der Waals surface area (Å²) in [4.78, 5) is 0. The molecule has 5 unspecified atom stereocenters. The van der Waals surface area contributed by atoms with Gasteiger partial charge >= 0.3 is 0 Å². The molecule has 4 aliphatic rings. The van der Waals surface area contributed by atoms with Crippen molar-refractivity contribution in [1.29, 1.82) is 0 Å². The molecule has 0 heterocycles. The molecule has 28 heavy (non-hydrogen) atoms. The number of fused-ring (bicyclic) bond motifs is 5. The van der Waals surface area contributed by atoms with Crippen molar-refractivity contribution in [1.82, 2.24) is 0 Å². The molecule has 0 aliphatic heterocycles. The number of rotatable bonds is 4. The van der Waals surface area contributed by atoms with Crippen LogP contribution in [0.3, 0.4) is 0 Å². The first-order chi connectivity index (χ1) is 13.3. The molecule has 0 saturated heterocycles. The number of hydrogen-bond acceptors (Lipinski definition) is 1. The lowest BCUT2D eigenvalue weighted by molar-refractivity contribution is 0.0382. The lowest BCUT2D eigenvalue weighted by Gasteiger charge is -2.55. The summed E-state index contributed by atoms with van der Waals surface area (Å²) in [6.45, 7) is 12.2. The van der Waals surface area contributed by atoms with Gasteiger partial charge in [0.05, 0.1) is 6.10 Å². The maximum Gasteiger partial charge on any atom is 0.0578 e. The normalized spacial score (nSPS) is 44.9. The van der Waals surface area contributed by atoms with Crippen LogP contribution in [0.1, 0.15) is 86.0 Å². The largest absolute Gasteiger partial charge is 0.393 e. The van der Waals surface area contributed by atoms with Gasteiger partial charge in [0.25, 0.3) is 0 Å². The molecule has 0 bridgehead atoms. The van der Waals surface area contributed by atoms with Crippen molar-refractivity contribution in [3.05, 3.63) is 35.5 Å². The van der Waals surface area contributed by atoms with Crippen LogP contribution in [0.2, 0.25) is 0 Å². The minimum atomic E-state index is -0.114. The molecule has 3 fully saturated rings. The summed E-state index contributed by atoms with van der Waals surface area (Å²) in [7, 11) is 0. The highest BCUT2D eigenvalue weighted by Gasteiger charge is 2.56. The molecular formula is C27H42O. The van der Waals surface area contributed by atoms with E-state index >= 15 is 0 Å². The smallest absolute Gasteiger partial charge is 0.0578 e. The Balaban J connectivity index is 1.59. The van der Waals surface area contributed by atoms with Crippen LogP contribution in [-0.4, -0.2) is 11.2 Å². The first-order valence-electron chi connectivity index (χ1n) is 12.1. The Morgan fingerprint density at radius 3 is 2.57 bits per heavy atom. The van der Waals surface area contributed by atoms with Gasteiger partial charge in [-0.25, -0.2) is 0 Å². The minimum absolute atomic E-state index is 0.114. The third kappa shape index (κ3) is 3.17. The number of aliphatic hydroxyl groups is 1. The van der Waals surface area contributed by atoms with E-state index in [0.717, 1.165) is 30.6 Å². The topological polar surface area (TPSA) is 20.2 Å². The summed E-state index contributed by atoms with van der Waals surface area (Å²) < 4.78 is 0. The Bertz CT molecular complexity index is 684. The van der Waals surface area contributed by atoms with Crippen LogP contribution in [0.25, 0.3) is 0 Å². The van der Waals surface area contributed by atoms with Gasteiger partial charge in [-0.05, 0) is 85.4 Å². The third-order valence-electron chi connectivity index (χ3n) is 9.64. The molecule has 0 aromatic carbocycles. The van der Waals surface area contributed by atoms with E-state index in [9.17, 15) is 5.11 Å². The van der Waals surface area contributed by atoms with Gasteiger partial charge in [0, 0.05) is 0 Å². The zero-order valence-corrected chi connectivity index (χ0v) is 18.9. The van der Waals surface area contributed by atoms with Crippen molar-refractivity contribution < 1.29 is 5.11 Å². The molecule has 0 aromatic heterocycles. The zero-order chi connectivity index (χ0) is 20.1. The average Bonchev–Trinajstić information content (AvgIpc) is 3.03. The summed E-state index contributed by atoms with van der Waals surface area (Å²) in [5, 5.41) is 10.2. The maximum absolute atomic E-state index is 10.2. The third-order valence-corrected chi connectivity index (χ3v) is 9.64. The van der Waals surface area contributed by atoms with Gasteiger partial charge < -0.3 is 5.11 Å². The summed E-state index contributed by atoms with van der Waals surface area (Å²) in [5.74, 6) is 3.72. The van der Waals surface area contributed by atoms with E-state index in [0.29, 0.717) is 22.7 Å². The van der Waals surface area contributed by atoms with Crippen LogP contribution in [0.5, 0.6) is 0 Å². The molecule has 0 amide bonds. The van der Waals surface area contributed by atoms with E-state index < -0.39 is 0 Å². The second-order valence-corrected chi connectivity index (χ2v) is 11.1. The minimum Gasteiger partial charge on any atom is -0.393 e. The molecule has 156 valence electrons. The second-order valence-electron chi connectivity index (χ2n) is 11.1. The molecule has 4 rings (SSSR count). The fourth-order valence-electron chi connectivity index (χ4n) is 7.52. The highest BCUT2D eigenvalue weighted by atomic mass is 16.3. The van der Waals surface area contributed by atoms with E-state index in [1.807, 2.05) is 0 Å². The van der Waals surface area contributed by atoms with Gasteiger partial charge in [0.2, 0.25) is 0 Å². The molecule has 0 radical (unpaired) electrons. The Morgan fingerprint density at radius 2 is 1.82 bits per heavy atom. The van der Waals surface area contributed by atoms with E-state index in [1.54, 1.807) is 5.57 Å². The first kappa shape index (κ1) is 20.5. The fraction of sp³-hybridized carbons (Fsp3) is 0.778. The van der Waals surface area contributed by atoms with Crippen molar-refractivity contribution >= 4 is 0 Å². The Morgan fingerprint density at radius 1 is 1.04 bits per heavy atom. The van der Waals surface area contributed by atoms with Crippen LogP contribution < -0.4 is 0 Å². The Kier molecular flexibility index (Phi) is 5.45. The molecule has 4 aliphatic carbocycles. The van der Waals surface area contributed by atoms with Crippen LogP contribution in [0.4, 0.5) is 0 Å². The van der Waals surface area contributed by atoms with Crippen molar-refractivity contribution in [3.8, 4) is 0 Å². The first-order valence-corrected chi connectivity index (χ1v) is 12.1. The van der Waals surface area contributed by atoms with Gasteiger partial charge in [-0.3, -0.25) is 0 Å². The van der Waals surface area contributed by atoms with Crippen molar-refractivity contribution in [2.24, 2.45) is 40.4 Å². The maximum atomic E-state index is 10.2. The van der Waals surface area contributed by atoms with E-state index in [4.69, 9.17) is 0 Å². The van der Waals surface area contributed by atoms with Crippen molar-refractivity contribution in [2.45, 2.75) is 92.1 Å². The van der Waals surface area contributed by atoms with E-state index in [-0.39, 0.29) is 6.10 Å². The van der Waals surface area contributed by atoms with E-state index in [2.05, 4.69) is 58.9 Å². The summed E-state index contributed by atoms with van der Waals surface area (Å²) in [6.07, 6.45) is 19.6. The molecule has 0 spiro atoms. The predicted molar refractivity (Wildman–Crippen MR) is 119 cm³/mol. The van der Waals surface area contributed by atoms with Crippen LogP contribution in [0, 0.1) is 40.4 Å². The average molecular weight is 383 g/mol. The molecule has 8 atom stereocenters. The second kappa shape index (κ2) is 7.46. The lowest BCUT2D eigenvalue weighted by Crippen LogP contribution is -2.46. The molecule has 3 saturated carbocycles. The molecule has 1 nitrogen and oxygen atoms in total. The monoisotopic (exact) mass is 382 g/mol. The SMILES string of the molecule is CC[C@@H](C)/C=C/[C@@H](C)C1CCC2C3=CC=C4C[C@@H](O)CCC4(C)C3CCC21C. The summed E-state index contributed by atoms with van der Waals surface area (Å²) in [5.41, 5.74) is 4.09. The highest BCUT2D eigenvalue weighted by molar-refractivity contribution is 5.39. The van der Waals surface area contributed by atoms with Crippen molar-refractivity contribution in [3.63, 3.8) is 0 Å². The summed E-state index contributed by atoms with van der Waals surface area (Å²) in [6, 6.07) is 0. The van der Waals surface area contributed by atoms with Gasteiger partial charge in [-0.1, -0.05) is 76.5 Å². The van der Waals surface area contributed by atoms with Gasteiger partial charge in [-0.2, -0.15) is 0 Å². The molecule has 1 heteroatoms. The predicted octanol–water partition coefficient (Wildman–Crippen LogP) is 7.08. The number of hydrogen-bond donors (Lipinski definition) is 1. The molecular weight excluding hydrogens is 340 g/mol. The van der Waals surface area contributed by atoms with Crippen molar-refractivity contribution in [2.75, 3.05) is 0 Å². The Hall–Kier alpha value is -0.820. The van der Waals surface area contributed by atoms with Gasteiger partial charge in [0.15, 0.2) is 0 Å². The number of allylic oxidation sites excluding steroid dienone is 5. The Labute approximate surface area is 173 Å². The van der Waals surface area contributed by atoms with Crippen LogP contribution in [-0.2, 0) is 0 Å².